The highest BCUT2D eigenvalue weighted by Gasteiger charge is 2.09. The van der Waals surface area contributed by atoms with E-state index in [1.807, 2.05) is 35.0 Å². The van der Waals surface area contributed by atoms with Gasteiger partial charge in [-0.2, -0.15) is 0 Å². The summed E-state index contributed by atoms with van der Waals surface area (Å²) in [7, 11) is 0. The summed E-state index contributed by atoms with van der Waals surface area (Å²) in [6.07, 6.45) is 0. The predicted molar refractivity (Wildman–Crippen MR) is 79.7 cm³/mol. The van der Waals surface area contributed by atoms with Gasteiger partial charge in [0.25, 0.3) is 0 Å². The molecule has 0 fully saturated rings. The van der Waals surface area contributed by atoms with Gasteiger partial charge in [-0.05, 0) is 24.6 Å². The number of rotatable bonds is 6. The maximum atomic E-state index is 5.37. The van der Waals surface area contributed by atoms with E-state index in [1.54, 1.807) is 0 Å². The van der Waals surface area contributed by atoms with Gasteiger partial charge in [-0.1, -0.05) is 36.4 Å². The maximum absolute atomic E-state index is 5.37. The van der Waals surface area contributed by atoms with Crippen LogP contribution in [0.15, 0.2) is 34.9 Å². The molecule has 0 bridgehead atoms. The monoisotopic (exact) mass is 285 g/mol. The van der Waals surface area contributed by atoms with Gasteiger partial charge in [0.15, 0.2) is 5.76 Å². The van der Waals surface area contributed by atoms with Gasteiger partial charge in [0.1, 0.15) is 12.1 Å². The minimum Gasteiger partial charge on any atom is -0.359 e. The van der Waals surface area contributed by atoms with E-state index in [2.05, 4.69) is 34.6 Å². The quantitative estimate of drug-likeness (QED) is 0.752. The number of fused-ring (bicyclic) bond motifs is 1. The molecule has 0 aliphatic carbocycles. The molecule has 3 aromatic rings. The minimum absolute atomic E-state index is 0.539. The largest absolute Gasteiger partial charge is 0.359 e. The highest BCUT2D eigenvalue weighted by Crippen LogP contribution is 2.12. The van der Waals surface area contributed by atoms with Crippen LogP contribution in [0, 0.1) is 5.92 Å². The third-order valence-electron chi connectivity index (χ3n) is 3.19. The second-order valence-electron chi connectivity index (χ2n) is 5.55. The third kappa shape index (κ3) is 3.28. The summed E-state index contributed by atoms with van der Waals surface area (Å²) >= 11 is 0. The molecule has 0 aliphatic heterocycles. The first kappa shape index (κ1) is 13.8. The Morgan fingerprint density at radius 3 is 3.00 bits per heavy atom. The molecule has 0 radical (unpaired) electrons. The molecule has 0 saturated heterocycles. The third-order valence-corrected chi connectivity index (χ3v) is 3.19. The van der Waals surface area contributed by atoms with Crippen molar-refractivity contribution in [3.8, 4) is 0 Å². The lowest BCUT2D eigenvalue weighted by molar-refractivity contribution is 0.364. The normalized spacial score (nSPS) is 11.6. The lowest BCUT2D eigenvalue weighted by Gasteiger charge is -2.04. The fraction of sp³-hybridized carbons (Fsp3) is 0.400. The van der Waals surface area contributed by atoms with Gasteiger partial charge in [0.2, 0.25) is 0 Å². The first-order chi connectivity index (χ1) is 10.2. The molecule has 1 aromatic carbocycles. The van der Waals surface area contributed by atoms with Crippen molar-refractivity contribution >= 4 is 11.0 Å². The molecule has 0 amide bonds. The van der Waals surface area contributed by atoms with Crippen LogP contribution < -0.4 is 5.32 Å². The summed E-state index contributed by atoms with van der Waals surface area (Å²) in [5, 5.41) is 15.7. The summed E-state index contributed by atoms with van der Waals surface area (Å²) in [4.78, 5) is 0. The van der Waals surface area contributed by atoms with Crippen LogP contribution >= 0.6 is 0 Å². The van der Waals surface area contributed by atoms with E-state index in [4.69, 9.17) is 4.52 Å². The van der Waals surface area contributed by atoms with Gasteiger partial charge in [-0.15, -0.1) is 5.10 Å². The van der Waals surface area contributed by atoms with Crippen molar-refractivity contribution in [2.45, 2.75) is 26.9 Å². The number of benzene rings is 1. The van der Waals surface area contributed by atoms with Crippen molar-refractivity contribution in [2.24, 2.45) is 5.92 Å². The standard InChI is InChI=1S/C15H19N5O/c1-11(2)8-16-9-12-7-13(21-18-12)10-20-15-6-4-3-5-14(15)17-19-20/h3-7,11,16H,8-10H2,1-2H3. The number of nitrogens with one attached hydrogen (secondary N) is 1. The SMILES string of the molecule is CC(C)CNCc1cc(Cn2nnc3ccccc32)on1. The molecule has 2 heterocycles. The van der Waals surface area contributed by atoms with E-state index in [0.29, 0.717) is 12.5 Å². The summed E-state index contributed by atoms with van der Waals surface area (Å²) in [5.41, 5.74) is 2.79. The van der Waals surface area contributed by atoms with Crippen LogP contribution in [-0.4, -0.2) is 26.7 Å². The fourth-order valence-corrected chi connectivity index (χ4v) is 2.18. The van der Waals surface area contributed by atoms with E-state index in [9.17, 15) is 0 Å². The van der Waals surface area contributed by atoms with Crippen molar-refractivity contribution in [1.29, 1.82) is 0 Å². The Morgan fingerprint density at radius 2 is 2.14 bits per heavy atom. The summed E-state index contributed by atoms with van der Waals surface area (Å²) in [5.74, 6) is 1.41. The van der Waals surface area contributed by atoms with Crippen LogP contribution in [0.25, 0.3) is 11.0 Å². The van der Waals surface area contributed by atoms with Gasteiger partial charge in [0, 0.05) is 12.6 Å². The Balaban J connectivity index is 1.67. The molecular weight excluding hydrogens is 266 g/mol. The number of aromatic nitrogens is 4. The topological polar surface area (TPSA) is 68.8 Å². The molecule has 0 unspecified atom stereocenters. The van der Waals surface area contributed by atoms with Crippen LogP contribution in [-0.2, 0) is 13.1 Å². The zero-order chi connectivity index (χ0) is 14.7. The fourth-order valence-electron chi connectivity index (χ4n) is 2.18. The molecule has 3 rings (SSSR count). The first-order valence-electron chi connectivity index (χ1n) is 7.16. The predicted octanol–water partition coefficient (Wildman–Crippen LogP) is 2.21. The van der Waals surface area contributed by atoms with Crippen LogP contribution in [0.2, 0.25) is 0 Å². The van der Waals surface area contributed by atoms with E-state index >= 15 is 0 Å². The maximum Gasteiger partial charge on any atom is 0.158 e. The van der Waals surface area contributed by atoms with Gasteiger partial charge in [-0.25, -0.2) is 4.68 Å². The van der Waals surface area contributed by atoms with Gasteiger partial charge >= 0.3 is 0 Å². The molecule has 0 atom stereocenters. The number of hydrogen-bond donors (Lipinski definition) is 1. The Labute approximate surface area is 123 Å². The highest BCUT2D eigenvalue weighted by atomic mass is 16.5. The number of para-hydroxylation sites is 1. The zero-order valence-electron chi connectivity index (χ0n) is 12.3. The van der Waals surface area contributed by atoms with Gasteiger partial charge in [0.05, 0.1) is 11.2 Å². The van der Waals surface area contributed by atoms with Crippen molar-refractivity contribution in [3.63, 3.8) is 0 Å². The Hall–Kier alpha value is -2.21. The lowest BCUT2D eigenvalue weighted by Crippen LogP contribution is -2.19. The van der Waals surface area contributed by atoms with Crippen molar-refractivity contribution in [2.75, 3.05) is 6.54 Å². The summed E-state index contributed by atoms with van der Waals surface area (Å²) < 4.78 is 7.19. The van der Waals surface area contributed by atoms with Crippen molar-refractivity contribution < 1.29 is 4.52 Å². The second kappa shape index (κ2) is 6.05. The van der Waals surface area contributed by atoms with Gasteiger partial charge in [-0.3, -0.25) is 0 Å². The molecule has 0 spiro atoms. The molecule has 6 nitrogen and oxygen atoms in total. The Kier molecular flexibility index (Phi) is 3.96. The number of hydrogen-bond acceptors (Lipinski definition) is 5. The van der Waals surface area contributed by atoms with E-state index < -0.39 is 0 Å². The molecule has 6 heteroatoms. The van der Waals surface area contributed by atoms with E-state index in [-0.39, 0.29) is 0 Å². The molecule has 110 valence electrons. The molecule has 1 N–H and O–H groups in total. The van der Waals surface area contributed by atoms with E-state index in [1.165, 1.54) is 0 Å². The average molecular weight is 285 g/mol. The lowest BCUT2D eigenvalue weighted by atomic mass is 10.2. The molecule has 21 heavy (non-hydrogen) atoms. The molecule has 2 aromatic heterocycles. The summed E-state index contributed by atoms with van der Waals surface area (Å²) in [6.45, 7) is 6.58. The minimum atomic E-state index is 0.539. The molecule has 0 saturated carbocycles. The van der Waals surface area contributed by atoms with Gasteiger partial charge < -0.3 is 9.84 Å². The van der Waals surface area contributed by atoms with Crippen LogP contribution in [0.4, 0.5) is 0 Å². The Morgan fingerprint density at radius 1 is 1.29 bits per heavy atom. The van der Waals surface area contributed by atoms with Crippen molar-refractivity contribution in [1.82, 2.24) is 25.5 Å². The van der Waals surface area contributed by atoms with Crippen LogP contribution in [0.5, 0.6) is 0 Å². The summed E-state index contributed by atoms with van der Waals surface area (Å²) in [6, 6.07) is 9.83. The Bertz CT molecular complexity index is 716. The average Bonchev–Trinajstić information content (AvgIpc) is 3.07. The van der Waals surface area contributed by atoms with E-state index in [0.717, 1.165) is 35.6 Å². The molecular formula is C15H19N5O. The van der Waals surface area contributed by atoms with Crippen LogP contribution in [0.3, 0.4) is 0 Å². The highest BCUT2D eigenvalue weighted by molar-refractivity contribution is 5.73. The smallest absolute Gasteiger partial charge is 0.158 e. The zero-order valence-corrected chi connectivity index (χ0v) is 12.3. The number of nitrogens with zero attached hydrogens (tertiary/aromatic N) is 4. The first-order valence-corrected chi connectivity index (χ1v) is 7.16. The van der Waals surface area contributed by atoms with Crippen LogP contribution in [0.1, 0.15) is 25.3 Å². The van der Waals surface area contributed by atoms with Crippen molar-refractivity contribution in [3.05, 3.63) is 41.8 Å². The molecule has 0 aliphatic rings. The second-order valence-corrected chi connectivity index (χ2v) is 5.55.